The van der Waals surface area contributed by atoms with Crippen LogP contribution in [0.3, 0.4) is 0 Å². The normalized spacial score (nSPS) is 11.0. The van der Waals surface area contributed by atoms with E-state index in [1.165, 1.54) is 43.1 Å². The lowest BCUT2D eigenvalue weighted by molar-refractivity contribution is 0.100. The minimum absolute atomic E-state index is 0.379. The number of hydrogen-bond acceptors (Lipinski definition) is 1. The molecule has 29 heavy (non-hydrogen) atoms. The summed E-state index contributed by atoms with van der Waals surface area (Å²) in [6.45, 7) is 0. The van der Waals surface area contributed by atoms with E-state index in [2.05, 4.69) is 72.8 Å². The monoisotopic (exact) mass is 373 g/mol. The second kappa shape index (κ2) is 6.92. The number of rotatable bonds is 1. The van der Waals surface area contributed by atoms with Gasteiger partial charge in [-0.1, -0.05) is 91.0 Å². The Kier molecular flexibility index (Phi) is 4.10. The maximum atomic E-state index is 10.4. The van der Waals surface area contributed by atoms with Crippen molar-refractivity contribution in [2.75, 3.05) is 0 Å². The first-order chi connectivity index (χ1) is 14.2. The molecule has 0 aliphatic carbocycles. The molecule has 0 bridgehead atoms. The van der Waals surface area contributed by atoms with E-state index >= 15 is 0 Å². The quantitative estimate of drug-likeness (QED) is 0.259. The van der Waals surface area contributed by atoms with Gasteiger partial charge in [0.05, 0.1) is 0 Å². The Labute approximate surface area is 168 Å². The molecule has 0 heterocycles. The first kappa shape index (κ1) is 17.2. The lowest BCUT2D eigenvalue weighted by Crippen LogP contribution is -2.09. The zero-order chi connectivity index (χ0) is 19.8. The molecule has 0 aromatic heterocycles. The van der Waals surface area contributed by atoms with Gasteiger partial charge in [0.15, 0.2) is 0 Å². The van der Waals surface area contributed by atoms with Crippen molar-refractivity contribution in [3.05, 3.63) is 109 Å². The van der Waals surface area contributed by atoms with Gasteiger partial charge in [0, 0.05) is 5.56 Å². The Morgan fingerprint density at radius 3 is 1.17 bits per heavy atom. The van der Waals surface area contributed by atoms with Crippen LogP contribution >= 0.6 is 0 Å². The predicted molar refractivity (Wildman–Crippen MR) is 123 cm³/mol. The summed E-state index contributed by atoms with van der Waals surface area (Å²) >= 11 is 0. The van der Waals surface area contributed by atoms with Gasteiger partial charge in [-0.15, -0.1) is 0 Å². The highest BCUT2D eigenvalue weighted by atomic mass is 16.1. The first-order valence-electron chi connectivity index (χ1n) is 9.63. The van der Waals surface area contributed by atoms with Crippen LogP contribution in [0.25, 0.3) is 43.1 Å². The largest absolute Gasteiger partial charge is 0.366 e. The molecule has 0 saturated carbocycles. The molecule has 6 rings (SSSR count). The number of fused-ring (bicyclic) bond motifs is 2. The van der Waals surface area contributed by atoms with Crippen molar-refractivity contribution in [1.82, 2.24) is 0 Å². The Balaban J connectivity index is 0.000000171. The minimum atomic E-state index is -0.379. The van der Waals surface area contributed by atoms with Gasteiger partial charge >= 0.3 is 0 Å². The van der Waals surface area contributed by atoms with E-state index in [1.807, 2.05) is 6.07 Å². The van der Waals surface area contributed by atoms with Crippen molar-refractivity contribution in [2.45, 2.75) is 0 Å². The summed E-state index contributed by atoms with van der Waals surface area (Å²) in [4.78, 5) is 10.4. The number of carbonyl (C=O) groups excluding carboxylic acids is 1. The van der Waals surface area contributed by atoms with Crippen LogP contribution in [0, 0.1) is 0 Å². The highest BCUT2D eigenvalue weighted by molar-refractivity contribution is 6.32. The van der Waals surface area contributed by atoms with Crippen LogP contribution in [0.2, 0.25) is 0 Å². The summed E-state index contributed by atoms with van der Waals surface area (Å²) in [5, 5.41) is 10.9. The lowest BCUT2D eigenvalue weighted by atomic mass is 9.90. The van der Waals surface area contributed by atoms with E-state index in [0.717, 1.165) is 0 Å². The maximum Gasteiger partial charge on any atom is 0.248 e. The SMILES string of the molecule is NC(=O)c1ccccc1.c1cc2cccc3c4cccc5cccc(c(c1)c23)c54. The van der Waals surface area contributed by atoms with Crippen molar-refractivity contribution in [3.8, 4) is 0 Å². The van der Waals surface area contributed by atoms with E-state index in [0.29, 0.717) is 5.56 Å². The molecule has 0 aliphatic rings. The molecule has 0 unspecified atom stereocenters. The summed E-state index contributed by atoms with van der Waals surface area (Å²) in [7, 11) is 0. The molecule has 2 N–H and O–H groups in total. The predicted octanol–water partition coefficient (Wildman–Crippen LogP) is 6.52. The standard InChI is InChI=1S/C20H12.C7H7NO/c1-5-13-6-2-11-17-18-12-4-8-14-7-3-10-16(20(14)18)15(9-1)19(13)17;8-7(9)6-4-2-1-3-5-6/h1-12H;1-5H,(H2,8,9). The van der Waals surface area contributed by atoms with Gasteiger partial charge < -0.3 is 5.73 Å². The molecular formula is C27H19NO. The zero-order valence-electron chi connectivity index (χ0n) is 15.8. The van der Waals surface area contributed by atoms with Crippen LogP contribution in [0.4, 0.5) is 0 Å². The molecule has 0 atom stereocenters. The lowest BCUT2D eigenvalue weighted by Gasteiger charge is -2.13. The molecule has 0 aliphatic heterocycles. The molecule has 2 nitrogen and oxygen atoms in total. The Morgan fingerprint density at radius 2 is 0.862 bits per heavy atom. The van der Waals surface area contributed by atoms with E-state index in [9.17, 15) is 4.79 Å². The van der Waals surface area contributed by atoms with Gasteiger partial charge in [0.1, 0.15) is 0 Å². The van der Waals surface area contributed by atoms with Crippen LogP contribution in [0.1, 0.15) is 10.4 Å². The van der Waals surface area contributed by atoms with Crippen molar-refractivity contribution in [1.29, 1.82) is 0 Å². The third-order valence-electron chi connectivity index (χ3n) is 5.45. The van der Waals surface area contributed by atoms with E-state index in [-0.39, 0.29) is 5.91 Å². The number of nitrogens with two attached hydrogens (primary N) is 1. The molecule has 6 aromatic carbocycles. The fourth-order valence-electron chi connectivity index (χ4n) is 4.18. The topological polar surface area (TPSA) is 43.1 Å². The van der Waals surface area contributed by atoms with Crippen LogP contribution in [-0.4, -0.2) is 5.91 Å². The van der Waals surface area contributed by atoms with Crippen LogP contribution in [0.5, 0.6) is 0 Å². The molecule has 0 spiro atoms. The number of hydrogen-bond donors (Lipinski definition) is 1. The number of primary amides is 1. The third-order valence-corrected chi connectivity index (χ3v) is 5.45. The Hall–Kier alpha value is -3.91. The second-order valence-electron chi connectivity index (χ2n) is 7.15. The third kappa shape index (κ3) is 2.86. The maximum absolute atomic E-state index is 10.4. The van der Waals surface area contributed by atoms with E-state index < -0.39 is 0 Å². The van der Waals surface area contributed by atoms with Crippen molar-refractivity contribution in [2.24, 2.45) is 5.73 Å². The summed E-state index contributed by atoms with van der Waals surface area (Å²) in [6.07, 6.45) is 0. The molecule has 6 aromatic rings. The summed E-state index contributed by atoms with van der Waals surface area (Å²) in [5.74, 6) is -0.379. The molecule has 0 fully saturated rings. The number of carbonyl (C=O) groups is 1. The summed E-state index contributed by atoms with van der Waals surface area (Å²) in [6, 6.07) is 35.2. The molecule has 1 amide bonds. The fraction of sp³-hybridized carbons (Fsp3) is 0. The second-order valence-corrected chi connectivity index (χ2v) is 7.15. The van der Waals surface area contributed by atoms with Gasteiger partial charge in [-0.05, 0) is 55.2 Å². The van der Waals surface area contributed by atoms with Crippen LogP contribution in [0.15, 0.2) is 103 Å². The Morgan fingerprint density at radius 1 is 0.483 bits per heavy atom. The first-order valence-corrected chi connectivity index (χ1v) is 9.63. The smallest absolute Gasteiger partial charge is 0.248 e. The zero-order valence-corrected chi connectivity index (χ0v) is 15.8. The summed E-state index contributed by atoms with van der Waals surface area (Å²) < 4.78 is 0. The van der Waals surface area contributed by atoms with Crippen molar-refractivity contribution in [3.63, 3.8) is 0 Å². The number of benzene rings is 6. The van der Waals surface area contributed by atoms with Gasteiger partial charge in [0.25, 0.3) is 0 Å². The molecular weight excluding hydrogens is 354 g/mol. The molecule has 0 radical (unpaired) electrons. The minimum Gasteiger partial charge on any atom is -0.366 e. The van der Waals surface area contributed by atoms with Crippen molar-refractivity contribution < 1.29 is 4.79 Å². The van der Waals surface area contributed by atoms with Gasteiger partial charge in [-0.3, -0.25) is 4.79 Å². The van der Waals surface area contributed by atoms with Gasteiger partial charge in [-0.2, -0.15) is 0 Å². The fourth-order valence-corrected chi connectivity index (χ4v) is 4.18. The highest BCUT2D eigenvalue weighted by Crippen LogP contribution is 2.39. The summed E-state index contributed by atoms with van der Waals surface area (Å²) in [5.41, 5.74) is 5.53. The Bertz CT molecular complexity index is 1300. The molecule has 0 saturated heterocycles. The average molecular weight is 373 g/mol. The highest BCUT2D eigenvalue weighted by Gasteiger charge is 2.11. The van der Waals surface area contributed by atoms with Crippen LogP contribution < -0.4 is 5.73 Å². The average Bonchev–Trinajstić information content (AvgIpc) is 2.78. The van der Waals surface area contributed by atoms with Gasteiger partial charge in [-0.25, -0.2) is 0 Å². The van der Waals surface area contributed by atoms with E-state index in [1.54, 1.807) is 24.3 Å². The van der Waals surface area contributed by atoms with Crippen molar-refractivity contribution >= 4 is 49.0 Å². The molecule has 138 valence electrons. The van der Waals surface area contributed by atoms with E-state index in [4.69, 9.17) is 5.73 Å². The number of amides is 1. The van der Waals surface area contributed by atoms with Gasteiger partial charge in [0.2, 0.25) is 5.91 Å². The molecule has 2 heteroatoms. The van der Waals surface area contributed by atoms with Crippen LogP contribution in [-0.2, 0) is 0 Å².